The van der Waals surface area contributed by atoms with Gasteiger partial charge in [-0.15, -0.1) is 0 Å². The van der Waals surface area contributed by atoms with Crippen molar-refractivity contribution in [1.82, 2.24) is 9.55 Å². The van der Waals surface area contributed by atoms with Gasteiger partial charge < -0.3 is 10.3 Å². The predicted molar refractivity (Wildman–Crippen MR) is 81.6 cm³/mol. The number of fused-ring (bicyclic) bond motifs is 1. The number of halogens is 1. The highest BCUT2D eigenvalue weighted by Crippen LogP contribution is 2.22. The van der Waals surface area contributed by atoms with Crippen molar-refractivity contribution in [3.8, 4) is 0 Å². The summed E-state index contributed by atoms with van der Waals surface area (Å²) in [5.41, 5.74) is 7.77. The Morgan fingerprint density at radius 1 is 1.37 bits per heavy atom. The van der Waals surface area contributed by atoms with E-state index in [0.29, 0.717) is 5.92 Å². The van der Waals surface area contributed by atoms with Crippen molar-refractivity contribution >= 4 is 22.6 Å². The summed E-state index contributed by atoms with van der Waals surface area (Å²) in [5.74, 6) is 1.81. The van der Waals surface area contributed by atoms with Crippen LogP contribution in [0.5, 0.6) is 0 Å². The van der Waals surface area contributed by atoms with E-state index in [2.05, 4.69) is 24.5 Å². The summed E-state index contributed by atoms with van der Waals surface area (Å²) >= 11 is 6.03. The molecule has 3 nitrogen and oxygen atoms in total. The Labute approximate surface area is 119 Å². The topological polar surface area (TPSA) is 43.8 Å². The highest BCUT2D eigenvalue weighted by atomic mass is 35.5. The summed E-state index contributed by atoms with van der Waals surface area (Å²) in [5, 5.41) is 0.747. The van der Waals surface area contributed by atoms with E-state index in [4.69, 9.17) is 22.3 Å². The third kappa shape index (κ3) is 3.28. The zero-order chi connectivity index (χ0) is 13.8. The van der Waals surface area contributed by atoms with Gasteiger partial charge in [-0.3, -0.25) is 0 Å². The quantitative estimate of drug-likeness (QED) is 0.877. The zero-order valence-electron chi connectivity index (χ0n) is 11.7. The van der Waals surface area contributed by atoms with E-state index in [9.17, 15) is 0 Å². The molecule has 19 heavy (non-hydrogen) atoms. The van der Waals surface area contributed by atoms with Crippen molar-refractivity contribution in [3.63, 3.8) is 0 Å². The first-order valence-electron chi connectivity index (χ1n) is 7.00. The highest BCUT2D eigenvalue weighted by molar-refractivity contribution is 6.31. The van der Waals surface area contributed by atoms with Crippen LogP contribution in [-0.2, 0) is 13.0 Å². The summed E-state index contributed by atoms with van der Waals surface area (Å²) in [6.45, 7) is 6.12. The molecule has 0 aliphatic heterocycles. The van der Waals surface area contributed by atoms with E-state index in [0.717, 1.165) is 48.7 Å². The Hall–Kier alpha value is -1.06. The van der Waals surface area contributed by atoms with Crippen LogP contribution in [0.1, 0.15) is 32.5 Å². The van der Waals surface area contributed by atoms with Gasteiger partial charge >= 0.3 is 0 Å². The van der Waals surface area contributed by atoms with Crippen LogP contribution in [0.3, 0.4) is 0 Å². The first kappa shape index (κ1) is 14.4. The van der Waals surface area contributed by atoms with Gasteiger partial charge in [0, 0.05) is 18.0 Å². The maximum Gasteiger partial charge on any atom is 0.109 e. The van der Waals surface area contributed by atoms with Gasteiger partial charge in [0.15, 0.2) is 0 Å². The van der Waals surface area contributed by atoms with Crippen molar-refractivity contribution in [2.45, 2.75) is 39.7 Å². The Kier molecular flexibility index (Phi) is 4.83. The van der Waals surface area contributed by atoms with Crippen LogP contribution in [0.2, 0.25) is 5.02 Å². The number of rotatable bonds is 6. The molecule has 0 bridgehead atoms. The number of imidazole rings is 1. The summed E-state index contributed by atoms with van der Waals surface area (Å²) in [7, 11) is 0. The van der Waals surface area contributed by atoms with Gasteiger partial charge in [0.05, 0.1) is 11.0 Å². The lowest BCUT2D eigenvalue weighted by atomic mass is 10.0. The van der Waals surface area contributed by atoms with E-state index >= 15 is 0 Å². The summed E-state index contributed by atoms with van der Waals surface area (Å²) in [6, 6.07) is 5.93. The molecule has 0 saturated carbocycles. The molecule has 104 valence electrons. The van der Waals surface area contributed by atoms with Crippen molar-refractivity contribution < 1.29 is 0 Å². The minimum atomic E-state index is 0.652. The third-order valence-electron chi connectivity index (χ3n) is 3.63. The first-order chi connectivity index (χ1) is 9.15. The highest BCUT2D eigenvalue weighted by Gasteiger charge is 2.11. The molecular formula is C15H22ClN3. The molecular weight excluding hydrogens is 258 g/mol. The molecule has 0 fully saturated rings. The second kappa shape index (κ2) is 6.40. The lowest BCUT2D eigenvalue weighted by molar-refractivity contribution is 0.488. The van der Waals surface area contributed by atoms with E-state index in [1.807, 2.05) is 12.1 Å². The molecule has 4 heteroatoms. The molecule has 0 radical (unpaired) electrons. The molecule has 1 atom stereocenters. The molecule has 0 spiro atoms. The fourth-order valence-electron chi connectivity index (χ4n) is 2.50. The zero-order valence-corrected chi connectivity index (χ0v) is 12.5. The number of hydrogen-bond acceptors (Lipinski definition) is 2. The van der Waals surface area contributed by atoms with Crippen LogP contribution >= 0.6 is 11.6 Å². The van der Waals surface area contributed by atoms with Crippen LogP contribution in [0.4, 0.5) is 0 Å². The molecule has 1 aromatic carbocycles. The number of aryl methyl sites for hydroxylation is 2. The molecule has 0 amide bonds. The number of benzene rings is 1. The van der Waals surface area contributed by atoms with Gasteiger partial charge in [0.1, 0.15) is 5.82 Å². The Bertz CT molecular complexity index is 548. The van der Waals surface area contributed by atoms with Crippen molar-refractivity contribution in [2.24, 2.45) is 11.7 Å². The predicted octanol–water partition coefficient (Wildman–Crippen LogP) is 3.63. The van der Waals surface area contributed by atoms with E-state index in [1.54, 1.807) is 0 Å². The monoisotopic (exact) mass is 279 g/mol. The van der Waals surface area contributed by atoms with E-state index in [-0.39, 0.29) is 0 Å². The maximum absolute atomic E-state index is 6.03. The largest absolute Gasteiger partial charge is 0.330 e. The van der Waals surface area contributed by atoms with Crippen LogP contribution in [-0.4, -0.2) is 16.1 Å². The summed E-state index contributed by atoms with van der Waals surface area (Å²) in [6.07, 6.45) is 3.22. The molecule has 2 rings (SSSR count). The van der Waals surface area contributed by atoms with Gasteiger partial charge in [-0.2, -0.15) is 0 Å². The molecule has 0 aliphatic carbocycles. The van der Waals surface area contributed by atoms with Gasteiger partial charge in [-0.05, 0) is 50.4 Å². The summed E-state index contributed by atoms with van der Waals surface area (Å²) in [4.78, 5) is 4.72. The van der Waals surface area contributed by atoms with Gasteiger partial charge in [0.25, 0.3) is 0 Å². The number of aromatic nitrogens is 2. The fourth-order valence-corrected chi connectivity index (χ4v) is 2.67. The van der Waals surface area contributed by atoms with Crippen LogP contribution in [0.25, 0.3) is 11.0 Å². The smallest absolute Gasteiger partial charge is 0.109 e. The van der Waals surface area contributed by atoms with Crippen LogP contribution < -0.4 is 5.73 Å². The van der Waals surface area contributed by atoms with E-state index < -0.39 is 0 Å². The van der Waals surface area contributed by atoms with E-state index in [1.165, 1.54) is 5.52 Å². The van der Waals surface area contributed by atoms with Crippen LogP contribution in [0.15, 0.2) is 18.2 Å². The van der Waals surface area contributed by atoms with Crippen molar-refractivity contribution in [2.75, 3.05) is 6.54 Å². The fraction of sp³-hybridized carbons (Fsp3) is 0.533. The second-order valence-electron chi connectivity index (χ2n) is 5.13. The minimum absolute atomic E-state index is 0.652. The van der Waals surface area contributed by atoms with Gasteiger partial charge in [-0.1, -0.05) is 18.5 Å². The number of nitrogens with zero attached hydrogens (tertiary/aromatic N) is 2. The average molecular weight is 280 g/mol. The second-order valence-corrected chi connectivity index (χ2v) is 5.56. The lowest BCUT2D eigenvalue weighted by Gasteiger charge is -2.10. The van der Waals surface area contributed by atoms with Gasteiger partial charge in [0.2, 0.25) is 0 Å². The molecule has 2 aromatic rings. The van der Waals surface area contributed by atoms with Gasteiger partial charge in [-0.25, -0.2) is 4.98 Å². The normalized spacial score (nSPS) is 13.1. The molecule has 1 heterocycles. The van der Waals surface area contributed by atoms with Crippen molar-refractivity contribution in [1.29, 1.82) is 0 Å². The maximum atomic E-state index is 6.03. The Balaban J connectivity index is 2.22. The molecule has 1 aromatic heterocycles. The standard InChI is InChI=1S/C15H22ClN3/c1-3-19-14-6-5-12(16)10-13(14)18-15(19)7-4-11(2)8-9-17/h5-6,10-11H,3-4,7-9,17H2,1-2H3. The molecule has 2 N–H and O–H groups in total. The van der Waals surface area contributed by atoms with Crippen LogP contribution in [0, 0.1) is 5.92 Å². The third-order valence-corrected chi connectivity index (χ3v) is 3.86. The minimum Gasteiger partial charge on any atom is -0.330 e. The number of nitrogens with two attached hydrogens (primary N) is 1. The SMILES string of the molecule is CCn1c(CCC(C)CCN)nc2cc(Cl)ccc21. The average Bonchev–Trinajstić information content (AvgIpc) is 2.73. The number of hydrogen-bond donors (Lipinski definition) is 1. The molecule has 0 aliphatic rings. The Morgan fingerprint density at radius 2 is 2.16 bits per heavy atom. The molecule has 0 saturated heterocycles. The summed E-state index contributed by atoms with van der Waals surface area (Å²) < 4.78 is 2.28. The van der Waals surface area contributed by atoms with Crippen molar-refractivity contribution in [3.05, 3.63) is 29.0 Å². The first-order valence-corrected chi connectivity index (χ1v) is 7.38. The molecule has 1 unspecified atom stereocenters. The Morgan fingerprint density at radius 3 is 2.84 bits per heavy atom. The lowest BCUT2D eigenvalue weighted by Crippen LogP contribution is -2.08.